The van der Waals surface area contributed by atoms with Crippen LogP contribution in [0.2, 0.25) is 0 Å². The summed E-state index contributed by atoms with van der Waals surface area (Å²) in [5.41, 5.74) is 1.02. The van der Waals surface area contributed by atoms with Crippen LogP contribution in [0.1, 0.15) is 37.8 Å². The van der Waals surface area contributed by atoms with Crippen molar-refractivity contribution in [3.05, 3.63) is 24.3 Å². The average Bonchev–Trinajstić information content (AvgIpc) is 2.97. The first-order valence-corrected chi connectivity index (χ1v) is 7.99. The van der Waals surface area contributed by atoms with Crippen LogP contribution in [-0.2, 0) is 14.3 Å². The fraction of sp³-hybridized carbons (Fsp3) is 0.625. The summed E-state index contributed by atoms with van der Waals surface area (Å²) in [4.78, 5) is 33.6. The number of carbonyl (C=O) groups is 2. The van der Waals surface area contributed by atoms with Crippen LogP contribution in [0.25, 0.3) is 0 Å². The minimum atomic E-state index is -0.990. The molecule has 2 saturated heterocycles. The number of piperidine rings is 1. The minimum Gasteiger partial charge on any atom is -0.479 e. The number of aliphatic carboxylic acids is 1. The van der Waals surface area contributed by atoms with Crippen LogP contribution in [0.5, 0.6) is 0 Å². The molecule has 2 fully saturated rings. The van der Waals surface area contributed by atoms with E-state index in [0.29, 0.717) is 25.4 Å². The largest absolute Gasteiger partial charge is 0.479 e. The first kappa shape index (κ1) is 15.9. The monoisotopic (exact) mass is 319 g/mol. The molecule has 1 N–H and O–H groups in total. The number of rotatable bonds is 3. The lowest BCUT2D eigenvalue weighted by Crippen LogP contribution is -2.43. The highest BCUT2D eigenvalue weighted by atomic mass is 16.5. The van der Waals surface area contributed by atoms with Gasteiger partial charge < -0.3 is 14.7 Å². The standard InChI is InChI=1S/C16H21N3O4/c1-10-8-13(23-14(10)16(21)22)15(20)19-6-3-11(4-7-19)12-2-5-17-9-18-12/h2,5,9-11,13-14H,3-4,6-8H2,1H3,(H,21,22)/t10-,13-,14-/m1/s1. The summed E-state index contributed by atoms with van der Waals surface area (Å²) in [6, 6.07) is 1.92. The van der Waals surface area contributed by atoms with Gasteiger partial charge in [-0.1, -0.05) is 6.92 Å². The molecule has 0 aliphatic carbocycles. The summed E-state index contributed by atoms with van der Waals surface area (Å²) in [5, 5.41) is 9.09. The van der Waals surface area contributed by atoms with E-state index in [1.165, 1.54) is 0 Å². The molecule has 1 amide bonds. The number of hydrogen-bond donors (Lipinski definition) is 1. The van der Waals surface area contributed by atoms with Crippen LogP contribution < -0.4 is 0 Å². The molecule has 1 aromatic heterocycles. The Morgan fingerprint density at radius 1 is 1.35 bits per heavy atom. The van der Waals surface area contributed by atoms with Gasteiger partial charge in [0.15, 0.2) is 6.10 Å². The topological polar surface area (TPSA) is 92.6 Å². The van der Waals surface area contributed by atoms with E-state index in [-0.39, 0.29) is 11.8 Å². The summed E-state index contributed by atoms with van der Waals surface area (Å²) in [7, 11) is 0. The summed E-state index contributed by atoms with van der Waals surface area (Å²) >= 11 is 0. The predicted molar refractivity (Wildman–Crippen MR) is 80.7 cm³/mol. The molecular weight excluding hydrogens is 298 g/mol. The Balaban J connectivity index is 1.56. The lowest BCUT2D eigenvalue weighted by Gasteiger charge is -2.33. The van der Waals surface area contributed by atoms with Gasteiger partial charge in [0.2, 0.25) is 0 Å². The summed E-state index contributed by atoms with van der Waals surface area (Å²) in [6.07, 6.45) is 3.97. The van der Waals surface area contributed by atoms with E-state index >= 15 is 0 Å². The van der Waals surface area contributed by atoms with Crippen LogP contribution in [0.4, 0.5) is 0 Å². The molecule has 23 heavy (non-hydrogen) atoms. The molecule has 0 spiro atoms. The molecular formula is C16H21N3O4. The van der Waals surface area contributed by atoms with Gasteiger partial charge in [0.05, 0.1) is 0 Å². The predicted octanol–water partition coefficient (Wildman–Crippen LogP) is 1.06. The lowest BCUT2D eigenvalue weighted by molar-refractivity contribution is -0.156. The number of nitrogens with zero attached hydrogens (tertiary/aromatic N) is 3. The number of carbonyl (C=O) groups excluding carboxylic acids is 1. The van der Waals surface area contributed by atoms with Gasteiger partial charge in [-0.15, -0.1) is 0 Å². The van der Waals surface area contributed by atoms with Crippen molar-refractivity contribution in [3.63, 3.8) is 0 Å². The molecule has 7 nitrogen and oxygen atoms in total. The molecule has 3 heterocycles. The van der Waals surface area contributed by atoms with E-state index in [4.69, 9.17) is 9.84 Å². The van der Waals surface area contributed by atoms with Gasteiger partial charge in [0.1, 0.15) is 12.4 Å². The third kappa shape index (κ3) is 3.34. The highest BCUT2D eigenvalue weighted by Crippen LogP contribution is 2.30. The van der Waals surface area contributed by atoms with Gasteiger partial charge in [-0.25, -0.2) is 14.8 Å². The molecule has 0 unspecified atom stereocenters. The van der Waals surface area contributed by atoms with Crippen molar-refractivity contribution in [1.82, 2.24) is 14.9 Å². The number of hydrogen-bond acceptors (Lipinski definition) is 5. The Bertz CT molecular complexity index is 572. The molecule has 124 valence electrons. The maximum atomic E-state index is 12.5. The van der Waals surface area contributed by atoms with E-state index in [1.807, 2.05) is 13.0 Å². The van der Waals surface area contributed by atoms with Crippen LogP contribution in [0.3, 0.4) is 0 Å². The fourth-order valence-electron chi connectivity index (χ4n) is 3.43. The number of likely N-dealkylation sites (tertiary alicyclic amines) is 1. The van der Waals surface area contributed by atoms with E-state index in [9.17, 15) is 9.59 Å². The highest BCUT2D eigenvalue weighted by molar-refractivity contribution is 5.83. The van der Waals surface area contributed by atoms with Crippen LogP contribution in [0.15, 0.2) is 18.6 Å². The number of ether oxygens (including phenoxy) is 1. The molecule has 3 rings (SSSR count). The van der Waals surface area contributed by atoms with Crippen molar-refractivity contribution in [2.75, 3.05) is 13.1 Å². The molecule has 0 aromatic carbocycles. The SMILES string of the molecule is C[C@@H]1C[C@H](C(=O)N2CCC(c3ccncn3)CC2)O[C@H]1C(=O)O. The van der Waals surface area contributed by atoms with Gasteiger partial charge in [0, 0.05) is 30.9 Å². The van der Waals surface area contributed by atoms with E-state index in [2.05, 4.69) is 9.97 Å². The van der Waals surface area contributed by atoms with E-state index < -0.39 is 18.2 Å². The third-order valence-corrected chi connectivity index (χ3v) is 4.76. The second-order valence-corrected chi connectivity index (χ2v) is 6.33. The molecule has 7 heteroatoms. The fourth-order valence-corrected chi connectivity index (χ4v) is 3.43. The molecule has 1 aromatic rings. The summed E-state index contributed by atoms with van der Waals surface area (Å²) in [5.74, 6) is -0.866. The Morgan fingerprint density at radius 2 is 2.09 bits per heavy atom. The molecule has 3 atom stereocenters. The van der Waals surface area contributed by atoms with Crippen molar-refractivity contribution in [2.45, 2.75) is 44.3 Å². The van der Waals surface area contributed by atoms with Crippen LogP contribution >= 0.6 is 0 Å². The van der Waals surface area contributed by atoms with Crippen molar-refractivity contribution in [1.29, 1.82) is 0 Å². The summed E-state index contributed by atoms with van der Waals surface area (Å²) in [6.45, 7) is 3.12. The molecule has 2 aliphatic rings. The highest BCUT2D eigenvalue weighted by Gasteiger charge is 2.42. The van der Waals surface area contributed by atoms with Crippen molar-refractivity contribution in [2.24, 2.45) is 5.92 Å². The van der Waals surface area contributed by atoms with Gasteiger partial charge >= 0.3 is 5.97 Å². The number of carboxylic acids is 1. The zero-order valence-corrected chi connectivity index (χ0v) is 13.1. The van der Waals surface area contributed by atoms with Gasteiger partial charge in [0.25, 0.3) is 5.91 Å². The van der Waals surface area contributed by atoms with Crippen molar-refractivity contribution < 1.29 is 19.4 Å². The number of aromatic nitrogens is 2. The van der Waals surface area contributed by atoms with Crippen LogP contribution in [0, 0.1) is 5.92 Å². The quantitative estimate of drug-likeness (QED) is 0.895. The minimum absolute atomic E-state index is 0.0817. The third-order valence-electron chi connectivity index (χ3n) is 4.76. The zero-order valence-electron chi connectivity index (χ0n) is 13.1. The molecule has 0 saturated carbocycles. The Kier molecular flexibility index (Phi) is 4.56. The Morgan fingerprint density at radius 3 is 2.65 bits per heavy atom. The van der Waals surface area contributed by atoms with Gasteiger partial charge in [-0.05, 0) is 31.2 Å². The van der Waals surface area contributed by atoms with Crippen LogP contribution in [-0.4, -0.2) is 57.1 Å². The maximum Gasteiger partial charge on any atom is 0.333 e. The zero-order chi connectivity index (χ0) is 16.4. The van der Waals surface area contributed by atoms with Crippen molar-refractivity contribution >= 4 is 11.9 Å². The second kappa shape index (κ2) is 6.62. The van der Waals surface area contributed by atoms with E-state index in [0.717, 1.165) is 18.5 Å². The molecule has 0 bridgehead atoms. The second-order valence-electron chi connectivity index (χ2n) is 6.33. The van der Waals surface area contributed by atoms with Gasteiger partial charge in [-0.3, -0.25) is 4.79 Å². The normalized spacial score (nSPS) is 28.7. The molecule has 2 aliphatic heterocycles. The number of carboxylic acid groups (broad SMARTS) is 1. The van der Waals surface area contributed by atoms with Gasteiger partial charge in [-0.2, -0.15) is 0 Å². The lowest BCUT2D eigenvalue weighted by atomic mass is 9.93. The molecule has 0 radical (unpaired) electrons. The first-order valence-electron chi connectivity index (χ1n) is 7.99. The Hall–Kier alpha value is -2.02. The maximum absolute atomic E-state index is 12.5. The first-order chi connectivity index (χ1) is 11.1. The van der Waals surface area contributed by atoms with Crippen molar-refractivity contribution in [3.8, 4) is 0 Å². The smallest absolute Gasteiger partial charge is 0.333 e. The number of amides is 1. The summed E-state index contributed by atoms with van der Waals surface area (Å²) < 4.78 is 5.45. The Labute approximate surface area is 134 Å². The van der Waals surface area contributed by atoms with E-state index in [1.54, 1.807) is 17.4 Å². The average molecular weight is 319 g/mol.